The zero-order valence-electron chi connectivity index (χ0n) is 39.9. The number of nitrogens with zero attached hydrogens (tertiary/aromatic N) is 1. The van der Waals surface area contributed by atoms with Gasteiger partial charge in [-0.05, 0) is 82.6 Å². The maximum Gasteiger partial charge on any atom is 0.472 e. The summed E-state index contributed by atoms with van der Waals surface area (Å²) in [6.07, 6.45) is 44.3. The Balaban J connectivity index is 2.42. The van der Waals surface area contributed by atoms with Gasteiger partial charge in [0, 0.05) is 18.8 Å². The van der Waals surface area contributed by atoms with Crippen LogP contribution in [-0.2, 0) is 37.5 Å². The standard InChI is InChI=1S/C51H86NO10P/c1-6-8-10-11-12-13-14-15-16-17-18-19-20-21-22-23-24-25-26-32-36-51(56)62-47(44-61-63(57,58)60-42-41-52(3,4)5)43-59-50(55)35-31-28-27-30-33-45-37-40-49(54)48(45)39-38-46(53)34-29-9-7-2/h13-14,16-17,19-20,27,30,37-40,45-48,53H,6-12,15,18,21-26,28-29,31-36,41-44H2,1-5H3/p+1/b14-13-,17-16-,20-19-,30-27-,39-38+/t45-,46-,47+,48+/m0/s1. The number of quaternary nitrogens is 1. The highest BCUT2D eigenvalue weighted by Gasteiger charge is 2.28. The summed E-state index contributed by atoms with van der Waals surface area (Å²) in [5.41, 5.74) is 0. The Labute approximate surface area is 382 Å². The van der Waals surface area contributed by atoms with Gasteiger partial charge in [0.1, 0.15) is 19.8 Å². The molecular formula is C51H87NO10P+. The van der Waals surface area contributed by atoms with E-state index in [2.05, 4.69) is 50.3 Å². The molecule has 0 aliphatic heterocycles. The second-order valence-electron chi connectivity index (χ2n) is 17.8. The largest absolute Gasteiger partial charge is 0.472 e. The van der Waals surface area contributed by atoms with Crippen LogP contribution in [0.15, 0.2) is 72.9 Å². The van der Waals surface area contributed by atoms with Gasteiger partial charge in [0.2, 0.25) is 0 Å². The molecule has 0 aromatic rings. The van der Waals surface area contributed by atoms with Gasteiger partial charge in [0.15, 0.2) is 11.9 Å². The molecule has 1 aliphatic carbocycles. The number of phosphoric ester groups is 1. The van der Waals surface area contributed by atoms with Crippen LogP contribution in [0.3, 0.4) is 0 Å². The Kier molecular flexibility index (Phi) is 34.4. The van der Waals surface area contributed by atoms with E-state index >= 15 is 0 Å². The molecular weight excluding hydrogens is 818 g/mol. The fourth-order valence-electron chi connectivity index (χ4n) is 6.78. The molecule has 0 bridgehead atoms. The fraction of sp³-hybridized carbons (Fsp3) is 0.706. The van der Waals surface area contributed by atoms with Crippen LogP contribution < -0.4 is 0 Å². The topological polar surface area (TPSA) is 146 Å². The number of likely N-dealkylation sites (N-methyl/N-ethyl adjacent to an activating group) is 1. The number of ketones is 1. The van der Waals surface area contributed by atoms with Crippen LogP contribution in [0.5, 0.6) is 0 Å². The van der Waals surface area contributed by atoms with Crippen molar-refractivity contribution in [2.24, 2.45) is 11.8 Å². The number of ether oxygens (including phenoxy) is 2. The normalized spacial score (nSPS) is 17.9. The van der Waals surface area contributed by atoms with Crippen molar-refractivity contribution in [2.75, 3.05) is 47.5 Å². The van der Waals surface area contributed by atoms with Crippen LogP contribution in [0.25, 0.3) is 0 Å². The molecule has 0 amide bonds. The molecule has 0 heterocycles. The minimum atomic E-state index is -4.44. The Hall–Kier alpha value is -2.92. The number of aliphatic hydroxyl groups excluding tert-OH is 1. The van der Waals surface area contributed by atoms with Gasteiger partial charge < -0.3 is 24.0 Å². The molecule has 360 valence electrons. The molecule has 0 aromatic carbocycles. The average Bonchev–Trinajstić information content (AvgIpc) is 3.59. The highest BCUT2D eigenvalue weighted by molar-refractivity contribution is 7.47. The predicted molar refractivity (Wildman–Crippen MR) is 256 cm³/mol. The van der Waals surface area contributed by atoms with Crippen LogP contribution in [0, 0.1) is 11.8 Å². The number of phosphoric acid groups is 1. The molecule has 0 saturated carbocycles. The number of rotatable bonds is 40. The van der Waals surface area contributed by atoms with E-state index in [1.807, 2.05) is 45.4 Å². The average molecular weight is 905 g/mol. The number of unbranched alkanes of at least 4 members (excludes halogenated alkanes) is 13. The molecule has 0 aromatic heterocycles. The van der Waals surface area contributed by atoms with E-state index in [9.17, 15) is 28.9 Å². The van der Waals surface area contributed by atoms with Crippen molar-refractivity contribution >= 4 is 25.5 Å². The number of carbonyl (C=O) groups is 3. The van der Waals surface area contributed by atoms with Crippen molar-refractivity contribution in [3.8, 4) is 0 Å². The summed E-state index contributed by atoms with van der Waals surface area (Å²) in [6.45, 7) is 4.05. The van der Waals surface area contributed by atoms with Crippen molar-refractivity contribution < 1.29 is 52.0 Å². The zero-order chi connectivity index (χ0) is 46.4. The van der Waals surface area contributed by atoms with Crippen molar-refractivity contribution in [3.63, 3.8) is 0 Å². The molecule has 12 heteroatoms. The molecule has 1 unspecified atom stereocenters. The third kappa shape index (κ3) is 35.1. The van der Waals surface area contributed by atoms with Gasteiger partial charge >= 0.3 is 19.8 Å². The van der Waals surface area contributed by atoms with E-state index in [0.29, 0.717) is 43.1 Å². The van der Waals surface area contributed by atoms with Gasteiger partial charge in [0.05, 0.1) is 33.9 Å². The molecule has 5 atom stereocenters. The Bertz CT molecular complexity index is 1450. The van der Waals surface area contributed by atoms with Gasteiger partial charge in [-0.25, -0.2) is 4.57 Å². The Morgan fingerprint density at radius 1 is 0.730 bits per heavy atom. The summed E-state index contributed by atoms with van der Waals surface area (Å²) < 4.78 is 34.3. The Morgan fingerprint density at radius 2 is 1.30 bits per heavy atom. The number of aliphatic hydroxyl groups is 1. The zero-order valence-corrected chi connectivity index (χ0v) is 40.8. The minimum absolute atomic E-state index is 0.00644. The lowest BCUT2D eigenvalue weighted by Gasteiger charge is -2.24. The van der Waals surface area contributed by atoms with Crippen LogP contribution in [0.1, 0.15) is 162 Å². The quantitative estimate of drug-likeness (QED) is 0.0200. The molecule has 0 radical (unpaired) electrons. The van der Waals surface area contributed by atoms with Gasteiger partial charge in [-0.15, -0.1) is 0 Å². The minimum Gasteiger partial charge on any atom is -0.462 e. The first-order chi connectivity index (χ1) is 30.3. The SMILES string of the molecule is CCCCCC/C=C\C/C=C\C/C=C\CCCCCCCCC(=O)O[C@H](COC(=O)CCC/C=C\C[C@H]1C=CC(=O)[C@@H]1/C=C/[C@@H](O)CCCCC)COP(=O)(O)OCC[N+](C)(C)C. The van der Waals surface area contributed by atoms with Crippen LogP contribution in [0.2, 0.25) is 0 Å². The molecule has 2 N–H and O–H groups in total. The lowest BCUT2D eigenvalue weighted by molar-refractivity contribution is -0.870. The van der Waals surface area contributed by atoms with Gasteiger partial charge in [0.25, 0.3) is 0 Å². The number of hydrogen-bond acceptors (Lipinski definition) is 9. The predicted octanol–water partition coefficient (Wildman–Crippen LogP) is 11.8. The van der Waals surface area contributed by atoms with E-state index in [0.717, 1.165) is 70.6 Å². The highest BCUT2D eigenvalue weighted by Crippen LogP contribution is 2.43. The third-order valence-corrected chi connectivity index (χ3v) is 11.7. The van der Waals surface area contributed by atoms with Crippen molar-refractivity contribution in [2.45, 2.75) is 174 Å². The molecule has 1 aliphatic rings. The molecule has 0 fully saturated rings. The molecule has 0 saturated heterocycles. The lowest BCUT2D eigenvalue weighted by atomic mass is 9.90. The van der Waals surface area contributed by atoms with E-state index < -0.39 is 38.6 Å². The first kappa shape index (κ1) is 58.1. The van der Waals surface area contributed by atoms with E-state index in [1.54, 1.807) is 12.2 Å². The molecule has 1 rings (SSSR count). The lowest BCUT2D eigenvalue weighted by Crippen LogP contribution is -2.37. The summed E-state index contributed by atoms with van der Waals surface area (Å²) >= 11 is 0. The highest BCUT2D eigenvalue weighted by atomic mass is 31.2. The summed E-state index contributed by atoms with van der Waals surface area (Å²) in [7, 11) is 1.35. The molecule has 0 spiro atoms. The van der Waals surface area contributed by atoms with Crippen LogP contribution in [-0.4, -0.2) is 91.9 Å². The van der Waals surface area contributed by atoms with Crippen molar-refractivity contribution in [1.82, 2.24) is 0 Å². The van der Waals surface area contributed by atoms with Crippen molar-refractivity contribution in [3.05, 3.63) is 72.9 Å². The second-order valence-corrected chi connectivity index (χ2v) is 19.3. The van der Waals surface area contributed by atoms with E-state index in [1.165, 1.54) is 32.1 Å². The molecule has 11 nitrogen and oxygen atoms in total. The number of allylic oxidation sites excluding steroid dienone is 11. The van der Waals surface area contributed by atoms with E-state index in [-0.39, 0.29) is 43.7 Å². The third-order valence-electron chi connectivity index (χ3n) is 10.7. The van der Waals surface area contributed by atoms with Gasteiger partial charge in [-0.2, -0.15) is 0 Å². The summed E-state index contributed by atoms with van der Waals surface area (Å²) in [5, 5.41) is 10.2. The monoisotopic (exact) mass is 905 g/mol. The fourth-order valence-corrected chi connectivity index (χ4v) is 7.52. The van der Waals surface area contributed by atoms with Crippen LogP contribution >= 0.6 is 7.82 Å². The first-order valence-corrected chi connectivity index (χ1v) is 25.7. The number of carbonyl (C=O) groups excluding carboxylic acids is 3. The van der Waals surface area contributed by atoms with Crippen molar-refractivity contribution in [1.29, 1.82) is 0 Å². The van der Waals surface area contributed by atoms with E-state index in [4.69, 9.17) is 18.5 Å². The smallest absolute Gasteiger partial charge is 0.462 e. The maximum atomic E-state index is 12.8. The maximum absolute atomic E-state index is 12.8. The van der Waals surface area contributed by atoms with Gasteiger partial charge in [-0.3, -0.25) is 23.4 Å². The second kappa shape index (κ2) is 37.3. The molecule has 63 heavy (non-hydrogen) atoms. The number of hydrogen-bond donors (Lipinski definition) is 2. The van der Waals surface area contributed by atoms with Crippen LogP contribution in [0.4, 0.5) is 0 Å². The Morgan fingerprint density at radius 3 is 1.97 bits per heavy atom. The van der Waals surface area contributed by atoms with Gasteiger partial charge in [-0.1, -0.05) is 145 Å². The summed E-state index contributed by atoms with van der Waals surface area (Å²) in [4.78, 5) is 48.0. The summed E-state index contributed by atoms with van der Waals surface area (Å²) in [5.74, 6) is -1.18. The number of esters is 2. The first-order valence-electron chi connectivity index (χ1n) is 24.2. The summed E-state index contributed by atoms with van der Waals surface area (Å²) in [6, 6.07) is 0.